The normalized spacial score (nSPS) is 11.2. The first-order valence-corrected chi connectivity index (χ1v) is 8.44. The summed E-state index contributed by atoms with van der Waals surface area (Å²) < 4.78 is 32.6. The Morgan fingerprint density at radius 3 is 2.33 bits per heavy atom. The van der Waals surface area contributed by atoms with Gasteiger partial charge >= 0.3 is 12.2 Å². The van der Waals surface area contributed by atoms with Gasteiger partial charge in [-0.3, -0.25) is 0 Å². The lowest BCUT2D eigenvalue weighted by Gasteiger charge is -2.12. The summed E-state index contributed by atoms with van der Waals surface area (Å²) in [5.74, 6) is -0.0223. The Labute approximate surface area is 166 Å². The topological polar surface area (TPSA) is 69.3 Å². The van der Waals surface area contributed by atoms with Crippen LogP contribution in [0.5, 0.6) is 17.2 Å². The Bertz CT molecular complexity index is 1080. The average molecular weight is 437 g/mol. The van der Waals surface area contributed by atoms with Crippen molar-refractivity contribution in [1.82, 2.24) is 14.3 Å². The van der Waals surface area contributed by atoms with Gasteiger partial charge in [0.2, 0.25) is 0 Å². The molecular formula is C16H10Cl3F2N3O3. The highest BCUT2D eigenvalue weighted by Gasteiger charge is 2.21. The summed E-state index contributed by atoms with van der Waals surface area (Å²) in [6.45, 7) is -1.79. The maximum absolute atomic E-state index is 13.0. The van der Waals surface area contributed by atoms with Gasteiger partial charge < -0.3 is 9.84 Å². The summed E-state index contributed by atoms with van der Waals surface area (Å²) in [7, 11) is 0. The Morgan fingerprint density at radius 1 is 1.07 bits per heavy atom. The van der Waals surface area contributed by atoms with Gasteiger partial charge in [0.1, 0.15) is 23.1 Å². The van der Waals surface area contributed by atoms with Crippen molar-refractivity contribution < 1.29 is 18.6 Å². The number of aryl methyl sites for hydroxylation is 1. The molecule has 0 saturated carbocycles. The molecule has 11 heteroatoms. The van der Waals surface area contributed by atoms with E-state index < -0.39 is 12.2 Å². The third-order valence-electron chi connectivity index (χ3n) is 3.54. The van der Waals surface area contributed by atoms with Crippen molar-refractivity contribution in [3.63, 3.8) is 0 Å². The molecule has 1 heterocycles. The lowest BCUT2D eigenvalue weighted by atomic mass is 10.3. The fourth-order valence-electron chi connectivity index (χ4n) is 2.31. The molecule has 0 fully saturated rings. The van der Waals surface area contributed by atoms with Gasteiger partial charge in [-0.15, -0.1) is 5.10 Å². The first-order valence-electron chi connectivity index (χ1n) is 7.31. The quantitative estimate of drug-likeness (QED) is 0.611. The van der Waals surface area contributed by atoms with Crippen molar-refractivity contribution in [2.24, 2.45) is 0 Å². The maximum atomic E-state index is 13.0. The monoisotopic (exact) mass is 435 g/mol. The first kappa shape index (κ1) is 19.5. The summed E-state index contributed by atoms with van der Waals surface area (Å²) in [5.41, 5.74) is -1.07. The van der Waals surface area contributed by atoms with Crippen LogP contribution in [0.3, 0.4) is 0 Å². The third-order valence-corrected chi connectivity index (χ3v) is 4.43. The number of halogens is 5. The molecule has 1 aromatic heterocycles. The van der Waals surface area contributed by atoms with Crippen molar-refractivity contribution >= 4 is 34.8 Å². The molecule has 142 valence electrons. The highest BCUT2D eigenvalue weighted by atomic mass is 35.5. The van der Waals surface area contributed by atoms with E-state index in [0.717, 1.165) is 4.68 Å². The van der Waals surface area contributed by atoms with Gasteiger partial charge in [-0.1, -0.05) is 34.8 Å². The number of alkyl halides is 2. The van der Waals surface area contributed by atoms with Crippen LogP contribution in [-0.4, -0.2) is 19.5 Å². The fourth-order valence-corrected chi connectivity index (χ4v) is 3.02. The average Bonchev–Trinajstić information content (AvgIpc) is 2.86. The summed E-state index contributed by atoms with van der Waals surface area (Å²) in [6, 6.07) is 6.58. The molecule has 3 aromatic rings. The molecule has 0 bridgehead atoms. The largest absolute Gasteiger partial charge is 0.508 e. The summed E-state index contributed by atoms with van der Waals surface area (Å²) in [5, 5.41) is 13.4. The first-order chi connectivity index (χ1) is 12.7. The Morgan fingerprint density at radius 2 is 1.74 bits per heavy atom. The van der Waals surface area contributed by atoms with E-state index in [4.69, 9.17) is 39.5 Å². The number of phenolic OH excluding ortho intramolecular Hbond substituents is 1. The molecule has 1 N–H and O–H groups in total. The summed E-state index contributed by atoms with van der Waals surface area (Å²) in [6.07, 6.45) is 0. The second-order valence-electron chi connectivity index (χ2n) is 5.34. The van der Waals surface area contributed by atoms with Crippen LogP contribution >= 0.6 is 34.8 Å². The van der Waals surface area contributed by atoms with Crippen LogP contribution < -0.4 is 10.4 Å². The lowest BCUT2D eigenvalue weighted by molar-refractivity contribution is 0.0640. The highest BCUT2D eigenvalue weighted by Crippen LogP contribution is 2.38. The second-order valence-corrected chi connectivity index (χ2v) is 6.56. The van der Waals surface area contributed by atoms with Crippen LogP contribution in [0, 0.1) is 6.92 Å². The summed E-state index contributed by atoms with van der Waals surface area (Å²) >= 11 is 18.2. The molecule has 27 heavy (non-hydrogen) atoms. The maximum Gasteiger partial charge on any atom is 0.355 e. The van der Waals surface area contributed by atoms with E-state index in [2.05, 4.69) is 5.10 Å². The predicted octanol–water partition coefficient (Wildman–Crippen LogP) is 5.20. The minimum Gasteiger partial charge on any atom is -0.508 e. The van der Waals surface area contributed by atoms with Crippen molar-refractivity contribution in [3.8, 4) is 22.9 Å². The SMILES string of the molecule is Cc1nn(-c2cc(Oc3ccc(O)cc3Cl)c(Cl)cc2Cl)c(=O)n1C(F)F. The molecule has 2 aromatic carbocycles. The number of hydrogen-bond donors (Lipinski definition) is 1. The number of hydrogen-bond acceptors (Lipinski definition) is 4. The predicted molar refractivity (Wildman–Crippen MR) is 97.0 cm³/mol. The van der Waals surface area contributed by atoms with Gasteiger partial charge in [0.05, 0.1) is 20.8 Å². The Kier molecular flexibility index (Phi) is 5.32. The molecule has 0 unspecified atom stereocenters. The third kappa shape index (κ3) is 3.73. The number of rotatable bonds is 4. The number of phenols is 1. The van der Waals surface area contributed by atoms with Crippen LogP contribution in [0.2, 0.25) is 15.1 Å². The van der Waals surface area contributed by atoms with Crippen LogP contribution in [0.15, 0.2) is 35.1 Å². The molecule has 0 aliphatic rings. The van der Waals surface area contributed by atoms with Crippen LogP contribution in [0.1, 0.15) is 12.4 Å². The van der Waals surface area contributed by atoms with Gasteiger partial charge in [0.15, 0.2) is 0 Å². The van der Waals surface area contributed by atoms with Gasteiger partial charge in [0, 0.05) is 12.1 Å². The van der Waals surface area contributed by atoms with Crippen molar-refractivity contribution in [2.45, 2.75) is 13.5 Å². The molecule has 0 amide bonds. The second kappa shape index (κ2) is 7.38. The Hall–Kier alpha value is -2.29. The van der Waals surface area contributed by atoms with Crippen LogP contribution in [0.25, 0.3) is 5.69 Å². The van der Waals surface area contributed by atoms with Crippen molar-refractivity contribution in [2.75, 3.05) is 0 Å². The van der Waals surface area contributed by atoms with E-state index >= 15 is 0 Å². The zero-order valence-corrected chi connectivity index (χ0v) is 15.7. The van der Waals surface area contributed by atoms with E-state index in [9.17, 15) is 18.7 Å². The molecule has 0 aliphatic carbocycles. The molecule has 0 saturated heterocycles. The molecule has 0 aliphatic heterocycles. The van der Waals surface area contributed by atoms with Gasteiger partial charge in [-0.2, -0.15) is 13.5 Å². The number of benzene rings is 2. The highest BCUT2D eigenvalue weighted by molar-refractivity contribution is 6.36. The molecule has 0 atom stereocenters. The molecular weight excluding hydrogens is 427 g/mol. The zero-order valence-electron chi connectivity index (χ0n) is 13.5. The molecule has 6 nitrogen and oxygen atoms in total. The Balaban J connectivity index is 2.10. The van der Waals surface area contributed by atoms with Gasteiger partial charge in [-0.25, -0.2) is 9.36 Å². The van der Waals surface area contributed by atoms with Crippen LogP contribution in [0.4, 0.5) is 8.78 Å². The summed E-state index contributed by atoms with van der Waals surface area (Å²) in [4.78, 5) is 12.2. The lowest BCUT2D eigenvalue weighted by Crippen LogP contribution is -2.25. The molecule has 3 rings (SSSR count). The van der Waals surface area contributed by atoms with Gasteiger partial charge in [0.25, 0.3) is 0 Å². The standard InChI is InChI=1S/C16H10Cl3F2N3O3/c1-7-22-24(16(26)23(7)15(20)21)12-6-14(11(19)5-9(12)17)27-13-3-2-8(25)4-10(13)18/h2-6,15,25H,1H3. The fraction of sp³-hybridized carbons (Fsp3) is 0.125. The van der Waals surface area contributed by atoms with E-state index in [0.29, 0.717) is 0 Å². The smallest absolute Gasteiger partial charge is 0.355 e. The minimum absolute atomic E-state index is 0.00142. The number of ether oxygens (including phenoxy) is 1. The number of aromatic nitrogens is 3. The molecule has 0 radical (unpaired) electrons. The van der Waals surface area contributed by atoms with Gasteiger partial charge in [-0.05, 0) is 25.1 Å². The molecule has 0 spiro atoms. The van der Waals surface area contributed by atoms with Crippen molar-refractivity contribution in [3.05, 3.63) is 61.7 Å². The van der Waals surface area contributed by atoms with E-state index in [-0.39, 0.29) is 48.4 Å². The minimum atomic E-state index is -3.05. The van der Waals surface area contributed by atoms with E-state index in [1.165, 1.54) is 37.3 Å². The van der Waals surface area contributed by atoms with Crippen LogP contribution in [-0.2, 0) is 0 Å². The zero-order chi connectivity index (χ0) is 19.9. The van der Waals surface area contributed by atoms with E-state index in [1.807, 2.05) is 0 Å². The number of aromatic hydroxyl groups is 1. The number of nitrogens with zero attached hydrogens (tertiary/aromatic N) is 3. The van der Waals surface area contributed by atoms with Crippen molar-refractivity contribution in [1.29, 1.82) is 0 Å². The van der Waals surface area contributed by atoms with E-state index in [1.54, 1.807) is 0 Å².